The van der Waals surface area contributed by atoms with E-state index in [0.29, 0.717) is 5.54 Å². The van der Waals surface area contributed by atoms with Crippen LogP contribution in [-0.2, 0) is 13.1 Å². The van der Waals surface area contributed by atoms with Gasteiger partial charge in [-0.3, -0.25) is 0 Å². The number of hydrogen-bond donors (Lipinski definition) is 0. The molecule has 1 atom stereocenters. The molecule has 34 heavy (non-hydrogen) atoms. The molecule has 0 aliphatic carbocycles. The summed E-state index contributed by atoms with van der Waals surface area (Å²) in [5, 5.41) is 0. The fourth-order valence-corrected chi connectivity index (χ4v) is 11.8. The van der Waals surface area contributed by atoms with E-state index in [4.69, 9.17) is 4.74 Å². The Bertz CT molecular complexity index is 987. The zero-order valence-electron chi connectivity index (χ0n) is 21.1. The minimum absolute atomic E-state index is 0.557. The Morgan fingerprint density at radius 3 is 1.85 bits per heavy atom. The molecule has 3 aromatic carbocycles. The third-order valence-corrected chi connectivity index (χ3v) is 13.6. The molecule has 0 N–H and O–H groups in total. The smallest absolute Gasteiger partial charge is 0.137 e. The van der Waals surface area contributed by atoms with Crippen molar-refractivity contribution in [3.63, 3.8) is 0 Å². The first kappa shape index (κ1) is 24.7. The lowest BCUT2D eigenvalue weighted by molar-refractivity contribution is 0.312. The van der Waals surface area contributed by atoms with Crippen molar-refractivity contribution in [1.29, 1.82) is 0 Å². The molecule has 0 bridgehead atoms. The number of hydrogen-bond acceptors (Lipinski definition) is 3. The molecule has 3 aromatic rings. The highest BCUT2D eigenvalue weighted by Gasteiger charge is 2.46. The van der Waals surface area contributed by atoms with E-state index in [1.54, 1.807) is 7.11 Å². The number of nitrogens with zero attached hydrogens (tertiary/aromatic N) is 2. The number of benzene rings is 3. The quantitative estimate of drug-likeness (QED) is 0.305. The summed E-state index contributed by atoms with van der Waals surface area (Å²) >= 11 is 0. The fraction of sp³-hybridized carbons (Fsp3) is 0.400. The van der Waals surface area contributed by atoms with Gasteiger partial charge in [0.05, 0.1) is 7.11 Å². The zero-order chi connectivity index (χ0) is 23.8. The van der Waals surface area contributed by atoms with E-state index < -0.39 is 8.24 Å². The van der Waals surface area contributed by atoms with Crippen molar-refractivity contribution < 1.29 is 4.74 Å². The average molecular weight is 473 g/mol. The zero-order valence-corrected chi connectivity index (χ0v) is 22.1. The number of ether oxygens (including phenoxy) is 1. The van der Waals surface area contributed by atoms with Crippen molar-refractivity contribution in [3.05, 3.63) is 102 Å². The topological polar surface area (TPSA) is 15.7 Å². The van der Waals surface area contributed by atoms with Crippen LogP contribution in [0.25, 0.3) is 0 Å². The lowest BCUT2D eigenvalue weighted by Gasteiger charge is -2.49. The number of rotatable bonds is 10. The van der Waals surface area contributed by atoms with Crippen LogP contribution in [0.2, 0.25) is 12.1 Å². The second-order valence-electron chi connectivity index (χ2n) is 10.0. The summed E-state index contributed by atoms with van der Waals surface area (Å²) in [6.07, 6.45) is 4.10. The van der Waals surface area contributed by atoms with Crippen molar-refractivity contribution >= 4 is 8.24 Å². The van der Waals surface area contributed by atoms with E-state index in [-0.39, 0.29) is 0 Å². The molecular weight excluding hydrogens is 432 g/mol. The molecule has 1 unspecified atom stereocenters. The maximum absolute atomic E-state index is 5.50. The summed E-state index contributed by atoms with van der Waals surface area (Å²) in [6, 6.07) is 33.7. The molecule has 1 heterocycles. The molecule has 0 radical (unpaired) electrons. The van der Waals surface area contributed by atoms with Crippen LogP contribution < -0.4 is 4.74 Å². The van der Waals surface area contributed by atoms with Gasteiger partial charge in [-0.25, -0.2) is 0 Å². The van der Waals surface area contributed by atoms with Gasteiger partial charge in [0.15, 0.2) is 0 Å². The Kier molecular flexibility index (Phi) is 8.60. The van der Waals surface area contributed by atoms with Crippen molar-refractivity contribution in [2.75, 3.05) is 27.7 Å². The Morgan fingerprint density at radius 1 is 0.735 bits per heavy atom. The maximum atomic E-state index is 5.50. The molecule has 0 saturated carbocycles. The van der Waals surface area contributed by atoms with Crippen molar-refractivity contribution in [2.45, 2.75) is 50.0 Å². The highest BCUT2D eigenvalue weighted by Crippen LogP contribution is 2.42. The van der Waals surface area contributed by atoms with Gasteiger partial charge < -0.3 is 14.2 Å². The van der Waals surface area contributed by atoms with Crippen LogP contribution in [0.1, 0.15) is 41.5 Å². The van der Waals surface area contributed by atoms with Crippen LogP contribution in [0.3, 0.4) is 0 Å². The molecule has 1 saturated heterocycles. The molecular formula is C30H40N2OSi. The minimum atomic E-state index is -1.80. The summed E-state index contributed by atoms with van der Waals surface area (Å²) in [5.74, 6) is 0.942. The van der Waals surface area contributed by atoms with Crippen LogP contribution in [0.15, 0.2) is 84.9 Å². The second kappa shape index (κ2) is 11.8. The maximum Gasteiger partial charge on any atom is 0.137 e. The van der Waals surface area contributed by atoms with Gasteiger partial charge >= 0.3 is 0 Å². The Labute approximate surface area is 207 Å². The average Bonchev–Trinajstić information content (AvgIpc) is 2.89. The third kappa shape index (κ3) is 5.98. The minimum Gasteiger partial charge on any atom is -0.497 e. The lowest BCUT2D eigenvalue weighted by Crippen LogP contribution is -2.59. The van der Waals surface area contributed by atoms with Crippen molar-refractivity contribution in [1.82, 2.24) is 9.47 Å². The molecule has 0 aromatic heterocycles. The largest absolute Gasteiger partial charge is 0.497 e. The van der Waals surface area contributed by atoms with Gasteiger partial charge in [-0.15, -0.1) is 0 Å². The SMILES string of the molecule is COc1ccc(C(CN(C)Cc2ccccc2)[Si]2(N(C)Cc3ccccc3)CCCCC2)cc1. The lowest BCUT2D eigenvalue weighted by atomic mass is 10.1. The Morgan fingerprint density at radius 2 is 1.29 bits per heavy atom. The summed E-state index contributed by atoms with van der Waals surface area (Å²) in [4.78, 5) is 2.55. The summed E-state index contributed by atoms with van der Waals surface area (Å²) in [6.45, 7) is 3.12. The summed E-state index contributed by atoms with van der Waals surface area (Å²) in [5.41, 5.74) is 4.85. The van der Waals surface area contributed by atoms with Crippen LogP contribution >= 0.6 is 0 Å². The van der Waals surface area contributed by atoms with E-state index in [1.165, 1.54) is 48.0 Å². The first-order chi connectivity index (χ1) is 16.6. The normalized spacial score (nSPS) is 16.5. The highest BCUT2D eigenvalue weighted by molar-refractivity contribution is 6.78. The van der Waals surface area contributed by atoms with E-state index in [2.05, 4.69) is 108 Å². The van der Waals surface area contributed by atoms with Crippen LogP contribution in [0, 0.1) is 0 Å². The van der Waals surface area contributed by atoms with Gasteiger partial charge in [-0.05, 0) is 55.0 Å². The number of likely N-dealkylation sites (N-methyl/N-ethyl adjacent to an activating group) is 1. The van der Waals surface area contributed by atoms with Gasteiger partial charge in [0.2, 0.25) is 0 Å². The van der Waals surface area contributed by atoms with E-state index in [9.17, 15) is 0 Å². The van der Waals surface area contributed by atoms with E-state index in [0.717, 1.165) is 25.4 Å². The molecule has 4 rings (SSSR count). The molecule has 1 aliphatic heterocycles. The predicted octanol–water partition coefficient (Wildman–Crippen LogP) is 6.71. The molecule has 0 spiro atoms. The number of methoxy groups -OCH3 is 1. The predicted molar refractivity (Wildman–Crippen MR) is 146 cm³/mol. The summed E-state index contributed by atoms with van der Waals surface area (Å²) in [7, 11) is 4.67. The van der Waals surface area contributed by atoms with Crippen molar-refractivity contribution in [2.24, 2.45) is 0 Å². The van der Waals surface area contributed by atoms with Crippen molar-refractivity contribution in [3.8, 4) is 5.75 Å². The molecule has 1 fully saturated rings. The fourth-order valence-electron chi connectivity index (χ4n) is 5.87. The highest BCUT2D eigenvalue weighted by atomic mass is 28.3. The standard InChI is InChI=1S/C30H40N2OSi/c1-31(23-26-13-7-4-8-14-26)25-30(28-17-19-29(33-3)20-18-28)34(21-11-6-12-22-34)32(2)24-27-15-9-5-10-16-27/h4-5,7-10,13-20,30H,6,11-12,21-25H2,1-3H3. The van der Waals surface area contributed by atoms with E-state index >= 15 is 0 Å². The Balaban J connectivity index is 1.66. The van der Waals surface area contributed by atoms with Gasteiger partial charge in [0.1, 0.15) is 14.0 Å². The van der Waals surface area contributed by atoms with Gasteiger partial charge in [-0.1, -0.05) is 92.1 Å². The molecule has 0 amide bonds. The summed E-state index contributed by atoms with van der Waals surface area (Å²) < 4.78 is 8.31. The second-order valence-corrected chi connectivity index (χ2v) is 14.7. The monoisotopic (exact) mass is 472 g/mol. The molecule has 180 valence electrons. The molecule has 3 nitrogen and oxygen atoms in total. The van der Waals surface area contributed by atoms with Crippen LogP contribution in [-0.4, -0.2) is 45.5 Å². The van der Waals surface area contributed by atoms with Crippen LogP contribution in [0.5, 0.6) is 5.75 Å². The Hall–Kier alpha value is -2.40. The molecule has 1 aliphatic rings. The van der Waals surface area contributed by atoms with E-state index in [1.807, 2.05) is 0 Å². The molecule has 4 heteroatoms. The first-order valence-electron chi connectivity index (χ1n) is 12.7. The van der Waals surface area contributed by atoms with Crippen LogP contribution in [0.4, 0.5) is 0 Å². The van der Waals surface area contributed by atoms with Gasteiger partial charge in [-0.2, -0.15) is 0 Å². The third-order valence-electron chi connectivity index (χ3n) is 7.70. The van der Waals surface area contributed by atoms with Gasteiger partial charge in [0, 0.05) is 25.2 Å². The van der Waals surface area contributed by atoms with Gasteiger partial charge in [0.25, 0.3) is 0 Å². The first-order valence-corrected chi connectivity index (χ1v) is 15.2.